The van der Waals surface area contributed by atoms with E-state index < -0.39 is 0 Å². The second-order valence-corrected chi connectivity index (χ2v) is 6.65. The van der Waals surface area contributed by atoms with Crippen LogP contribution in [0.4, 0.5) is 0 Å². The maximum Gasteiger partial charge on any atom is 0.222 e. The van der Waals surface area contributed by atoms with E-state index in [1.54, 1.807) is 0 Å². The lowest BCUT2D eigenvalue weighted by atomic mass is 9.68. The summed E-state index contributed by atoms with van der Waals surface area (Å²) in [5.41, 5.74) is 0.560. The van der Waals surface area contributed by atoms with Crippen LogP contribution in [-0.4, -0.2) is 37.0 Å². The molecule has 3 aliphatic rings. The van der Waals surface area contributed by atoms with E-state index in [0.29, 0.717) is 11.3 Å². The quantitative estimate of drug-likeness (QED) is 0.865. The van der Waals surface area contributed by atoms with E-state index in [4.69, 9.17) is 0 Å². The van der Waals surface area contributed by atoms with Crippen LogP contribution in [0.2, 0.25) is 0 Å². The van der Waals surface area contributed by atoms with E-state index in [2.05, 4.69) is 10.2 Å². The topological polar surface area (TPSA) is 32.3 Å². The van der Waals surface area contributed by atoms with Crippen LogP contribution < -0.4 is 5.32 Å². The van der Waals surface area contributed by atoms with Gasteiger partial charge in [0.1, 0.15) is 0 Å². The largest absolute Gasteiger partial charge is 0.342 e. The molecule has 1 spiro atoms. The van der Waals surface area contributed by atoms with Crippen LogP contribution in [0.3, 0.4) is 0 Å². The summed E-state index contributed by atoms with van der Waals surface area (Å²) in [7, 11) is 0. The molecule has 3 nitrogen and oxygen atoms in total. The highest BCUT2D eigenvalue weighted by Gasteiger charge is 2.43. The van der Waals surface area contributed by atoms with Crippen molar-refractivity contribution in [1.29, 1.82) is 0 Å². The molecule has 0 bridgehead atoms. The van der Waals surface area contributed by atoms with Gasteiger partial charge in [-0.3, -0.25) is 4.79 Å². The van der Waals surface area contributed by atoms with Gasteiger partial charge in [-0.25, -0.2) is 0 Å². The Balaban J connectivity index is 0.00000133. The number of carbonyl (C=O) groups excluding carboxylic acids is 1. The first kappa shape index (κ1) is 15.1. The molecular formula is C15H27ClN2O. The fourth-order valence-electron chi connectivity index (χ4n) is 3.89. The summed E-state index contributed by atoms with van der Waals surface area (Å²) in [6.07, 6.45) is 9.82. The van der Waals surface area contributed by atoms with Gasteiger partial charge >= 0.3 is 0 Å². The van der Waals surface area contributed by atoms with Crippen molar-refractivity contribution in [3.8, 4) is 0 Å². The molecule has 0 radical (unpaired) electrons. The minimum Gasteiger partial charge on any atom is -0.342 e. The lowest BCUT2D eigenvalue weighted by molar-refractivity contribution is -0.131. The summed E-state index contributed by atoms with van der Waals surface area (Å²) >= 11 is 0. The second-order valence-electron chi connectivity index (χ2n) is 6.65. The van der Waals surface area contributed by atoms with Gasteiger partial charge in [-0.15, -0.1) is 12.4 Å². The normalized spacial score (nSPS) is 26.0. The number of likely N-dealkylation sites (tertiary alicyclic amines) is 1. The van der Waals surface area contributed by atoms with Gasteiger partial charge in [-0.05, 0) is 62.9 Å². The van der Waals surface area contributed by atoms with Crippen molar-refractivity contribution >= 4 is 18.3 Å². The molecule has 4 heteroatoms. The van der Waals surface area contributed by atoms with E-state index in [-0.39, 0.29) is 12.4 Å². The number of rotatable bonds is 3. The Morgan fingerprint density at radius 2 is 1.95 bits per heavy atom. The molecule has 0 atom stereocenters. The van der Waals surface area contributed by atoms with Gasteiger partial charge in [-0.1, -0.05) is 6.42 Å². The zero-order valence-electron chi connectivity index (χ0n) is 11.8. The molecule has 0 aromatic rings. The van der Waals surface area contributed by atoms with E-state index in [1.807, 2.05) is 0 Å². The average Bonchev–Trinajstić information content (AvgIpc) is 2.82. The fraction of sp³-hybridized carbons (Fsp3) is 0.933. The third-order valence-electron chi connectivity index (χ3n) is 5.43. The number of nitrogens with one attached hydrogen (secondary N) is 1. The summed E-state index contributed by atoms with van der Waals surface area (Å²) in [6, 6.07) is 0. The van der Waals surface area contributed by atoms with Crippen LogP contribution in [0.1, 0.15) is 51.4 Å². The molecule has 0 aromatic carbocycles. The predicted molar refractivity (Wildman–Crippen MR) is 79.6 cm³/mol. The number of nitrogens with zero attached hydrogens (tertiary/aromatic N) is 1. The van der Waals surface area contributed by atoms with Gasteiger partial charge in [-0.2, -0.15) is 0 Å². The molecule has 2 aliphatic heterocycles. The molecule has 3 fully saturated rings. The second kappa shape index (κ2) is 6.45. The summed E-state index contributed by atoms with van der Waals surface area (Å²) in [5, 5.41) is 3.39. The molecule has 3 rings (SSSR count). The highest BCUT2D eigenvalue weighted by atomic mass is 35.5. The first-order valence-electron chi connectivity index (χ1n) is 7.76. The Kier molecular flexibility index (Phi) is 5.13. The monoisotopic (exact) mass is 286 g/mol. The minimum atomic E-state index is 0. The van der Waals surface area contributed by atoms with Gasteiger partial charge in [0.2, 0.25) is 5.91 Å². The maximum absolute atomic E-state index is 12.2. The minimum absolute atomic E-state index is 0. The van der Waals surface area contributed by atoms with Crippen molar-refractivity contribution in [3.63, 3.8) is 0 Å². The lowest BCUT2D eigenvalue weighted by Crippen LogP contribution is -2.36. The lowest BCUT2D eigenvalue weighted by Gasteiger charge is -2.38. The average molecular weight is 287 g/mol. The summed E-state index contributed by atoms with van der Waals surface area (Å²) in [5.74, 6) is 1.22. The summed E-state index contributed by atoms with van der Waals surface area (Å²) in [6.45, 7) is 4.39. The van der Waals surface area contributed by atoms with Gasteiger partial charge in [0, 0.05) is 19.5 Å². The van der Waals surface area contributed by atoms with Crippen molar-refractivity contribution in [2.45, 2.75) is 51.4 Å². The maximum atomic E-state index is 12.2. The Bertz CT molecular complexity index is 311. The van der Waals surface area contributed by atoms with Gasteiger partial charge in [0.05, 0.1) is 0 Å². The van der Waals surface area contributed by atoms with Crippen molar-refractivity contribution in [2.75, 3.05) is 26.2 Å². The van der Waals surface area contributed by atoms with E-state index in [0.717, 1.165) is 44.9 Å². The number of amides is 1. The van der Waals surface area contributed by atoms with Crippen LogP contribution in [0.25, 0.3) is 0 Å². The molecule has 1 saturated carbocycles. The molecule has 0 unspecified atom stereocenters. The van der Waals surface area contributed by atoms with Crippen LogP contribution in [-0.2, 0) is 4.79 Å². The zero-order valence-corrected chi connectivity index (χ0v) is 12.6. The first-order valence-corrected chi connectivity index (χ1v) is 7.76. The summed E-state index contributed by atoms with van der Waals surface area (Å²) in [4.78, 5) is 14.4. The highest BCUT2D eigenvalue weighted by Crippen LogP contribution is 2.48. The van der Waals surface area contributed by atoms with Crippen LogP contribution in [0.5, 0.6) is 0 Å². The Hall–Kier alpha value is -0.280. The molecule has 110 valence electrons. The van der Waals surface area contributed by atoms with Crippen molar-refractivity contribution in [3.05, 3.63) is 0 Å². The van der Waals surface area contributed by atoms with Crippen LogP contribution in [0, 0.1) is 11.3 Å². The highest BCUT2D eigenvalue weighted by molar-refractivity contribution is 5.85. The number of carbonyl (C=O) groups is 1. The number of piperidine rings is 1. The van der Waals surface area contributed by atoms with Gasteiger partial charge in [0.25, 0.3) is 0 Å². The standard InChI is InChI=1S/C15H26N2O.ClH/c18-14(3-2-13-4-9-16-10-5-13)17-11-8-15(12-17)6-1-7-15;/h13,16H,1-12H2;1H. The SMILES string of the molecule is Cl.O=C(CCC1CCNCC1)N1CCC2(CCC2)C1. The molecule has 1 aliphatic carbocycles. The van der Waals surface area contributed by atoms with E-state index in [1.165, 1.54) is 38.5 Å². The molecule has 1 N–H and O–H groups in total. The van der Waals surface area contributed by atoms with Crippen molar-refractivity contribution in [1.82, 2.24) is 10.2 Å². The Labute approximate surface area is 122 Å². The Morgan fingerprint density at radius 3 is 2.53 bits per heavy atom. The smallest absolute Gasteiger partial charge is 0.222 e. The van der Waals surface area contributed by atoms with Gasteiger partial charge in [0.15, 0.2) is 0 Å². The number of halogens is 1. The van der Waals surface area contributed by atoms with Crippen LogP contribution >= 0.6 is 12.4 Å². The van der Waals surface area contributed by atoms with Crippen molar-refractivity contribution < 1.29 is 4.79 Å². The van der Waals surface area contributed by atoms with Crippen LogP contribution in [0.15, 0.2) is 0 Å². The first-order chi connectivity index (χ1) is 8.77. The third-order valence-corrected chi connectivity index (χ3v) is 5.43. The molecule has 2 saturated heterocycles. The fourth-order valence-corrected chi connectivity index (χ4v) is 3.89. The molecule has 2 heterocycles. The number of hydrogen-bond donors (Lipinski definition) is 1. The molecular weight excluding hydrogens is 260 g/mol. The molecule has 19 heavy (non-hydrogen) atoms. The Morgan fingerprint density at radius 1 is 1.21 bits per heavy atom. The number of hydrogen-bond acceptors (Lipinski definition) is 2. The summed E-state index contributed by atoms with van der Waals surface area (Å²) < 4.78 is 0. The van der Waals surface area contributed by atoms with E-state index >= 15 is 0 Å². The van der Waals surface area contributed by atoms with E-state index in [9.17, 15) is 4.79 Å². The van der Waals surface area contributed by atoms with Crippen molar-refractivity contribution in [2.24, 2.45) is 11.3 Å². The zero-order chi connectivity index (χ0) is 12.4. The third kappa shape index (κ3) is 3.43. The molecule has 0 aromatic heterocycles. The molecule has 1 amide bonds. The predicted octanol–water partition coefficient (Wildman–Crippen LogP) is 2.59. The van der Waals surface area contributed by atoms with Gasteiger partial charge < -0.3 is 10.2 Å².